The molecule has 2 aromatic rings. The highest BCUT2D eigenvalue weighted by atomic mass is 16.3. The van der Waals surface area contributed by atoms with Crippen LogP contribution < -0.4 is 21.7 Å². The van der Waals surface area contributed by atoms with Crippen LogP contribution in [0.25, 0.3) is 0 Å². The number of unbranched alkanes of at least 4 members (excludes halogenated alkanes) is 4. The number of nitrogens with one attached hydrogen (secondary N) is 4. The molecule has 0 saturated carbocycles. The summed E-state index contributed by atoms with van der Waals surface area (Å²) in [5, 5.41) is 21.2. The first kappa shape index (κ1) is 36.1. The molecule has 0 aliphatic carbocycles. The summed E-state index contributed by atoms with van der Waals surface area (Å²) in [5.74, 6) is -4.20. The van der Waals surface area contributed by atoms with E-state index in [2.05, 4.69) is 21.7 Å². The minimum absolute atomic E-state index is 0.0490. The number of benzene rings is 2. The average Bonchev–Trinajstić information content (AvgIpc) is 3.02. The van der Waals surface area contributed by atoms with E-state index >= 15 is 0 Å². The molecule has 0 spiro atoms. The number of hydrazine groups is 2. The van der Waals surface area contributed by atoms with Crippen molar-refractivity contribution in [3.8, 4) is 11.5 Å². The third-order valence-electron chi connectivity index (χ3n) is 7.80. The highest BCUT2D eigenvalue weighted by molar-refractivity contribution is 5.99. The number of phenols is 2. The zero-order valence-corrected chi connectivity index (χ0v) is 26.6. The molecule has 0 aliphatic rings. The lowest BCUT2D eigenvalue weighted by atomic mass is 9.83. The Morgan fingerprint density at radius 3 is 1.41 bits per heavy atom. The van der Waals surface area contributed by atoms with E-state index in [0.717, 1.165) is 38.5 Å². The van der Waals surface area contributed by atoms with Gasteiger partial charge in [0.05, 0.1) is 23.0 Å². The predicted octanol–water partition coefficient (Wildman–Crippen LogP) is 5.62. The molecule has 0 fully saturated rings. The number of para-hydroxylation sites is 2. The number of rotatable bonds is 17. The number of carbonyl (C=O) groups is 4. The Hall–Kier alpha value is -4.08. The molecule has 10 nitrogen and oxygen atoms in total. The Morgan fingerprint density at radius 2 is 1.00 bits per heavy atom. The zero-order chi connectivity index (χ0) is 32.5. The van der Waals surface area contributed by atoms with Crippen molar-refractivity contribution in [1.29, 1.82) is 0 Å². The van der Waals surface area contributed by atoms with E-state index in [-0.39, 0.29) is 22.6 Å². The molecule has 0 aliphatic heterocycles. The van der Waals surface area contributed by atoms with Crippen molar-refractivity contribution in [3.05, 3.63) is 58.7 Å². The first-order chi connectivity index (χ1) is 21.2. The summed E-state index contributed by atoms with van der Waals surface area (Å²) in [7, 11) is 0. The summed E-state index contributed by atoms with van der Waals surface area (Å²) in [5.41, 5.74) is 11.1. The van der Waals surface area contributed by atoms with Gasteiger partial charge in [-0.15, -0.1) is 0 Å². The Bertz CT molecular complexity index is 1250. The summed E-state index contributed by atoms with van der Waals surface area (Å²) in [6.07, 6.45) is 8.72. The standard InChI is InChI=1S/C34H50N4O6/c1-5-9-12-20-26(32(42)36-38-34(44)28-22-14-19-24(30(28)40)17-11-7-3)25(15-8-4)31(41)35-37-33(43)27-21-13-18-23(29(27)39)16-10-6-2/h13-14,18-19,21-22,25-26,39-40H,5-12,15-17,20H2,1-4H3,(H,35,41)(H,36,42)(H,37,43)(H,38,44). The van der Waals surface area contributed by atoms with E-state index in [9.17, 15) is 29.4 Å². The molecular weight excluding hydrogens is 560 g/mol. The van der Waals surface area contributed by atoms with Gasteiger partial charge in [-0.1, -0.05) is 90.5 Å². The Kier molecular flexibility index (Phi) is 15.8. The van der Waals surface area contributed by atoms with Gasteiger partial charge in [0.1, 0.15) is 11.5 Å². The number of carbonyl (C=O) groups excluding carboxylic acids is 4. The van der Waals surface area contributed by atoms with Crippen LogP contribution in [-0.4, -0.2) is 33.8 Å². The molecule has 0 heterocycles. The fraction of sp³-hybridized carbons (Fsp3) is 0.529. The number of amides is 4. The molecule has 6 N–H and O–H groups in total. The minimum atomic E-state index is -0.788. The molecular formula is C34H50N4O6. The van der Waals surface area contributed by atoms with Crippen molar-refractivity contribution >= 4 is 23.6 Å². The van der Waals surface area contributed by atoms with Crippen molar-refractivity contribution < 1.29 is 29.4 Å². The molecule has 2 aromatic carbocycles. The molecule has 0 saturated heterocycles. The van der Waals surface area contributed by atoms with Crippen LogP contribution in [0.4, 0.5) is 0 Å². The van der Waals surface area contributed by atoms with Crippen LogP contribution in [0.15, 0.2) is 36.4 Å². The van der Waals surface area contributed by atoms with E-state index in [1.165, 1.54) is 12.1 Å². The third-order valence-corrected chi connectivity index (χ3v) is 7.80. The van der Waals surface area contributed by atoms with E-state index in [4.69, 9.17) is 0 Å². The van der Waals surface area contributed by atoms with Gasteiger partial charge in [0.2, 0.25) is 11.8 Å². The quantitative estimate of drug-likeness (QED) is 0.101. The molecule has 4 amide bonds. The second-order valence-electron chi connectivity index (χ2n) is 11.2. The van der Waals surface area contributed by atoms with Crippen LogP contribution in [-0.2, 0) is 22.4 Å². The van der Waals surface area contributed by atoms with Crippen molar-refractivity contribution in [1.82, 2.24) is 21.7 Å². The van der Waals surface area contributed by atoms with Crippen LogP contribution in [0.3, 0.4) is 0 Å². The SMILES string of the molecule is CCCCCC(C(=O)NNC(=O)c1cccc(CCCC)c1O)C(CCC)C(=O)NNC(=O)c1cccc(CCCC)c1O. The van der Waals surface area contributed by atoms with Gasteiger partial charge in [-0.05, 0) is 61.8 Å². The van der Waals surface area contributed by atoms with Crippen molar-refractivity contribution in [2.24, 2.45) is 11.8 Å². The highest BCUT2D eigenvalue weighted by Crippen LogP contribution is 2.27. The second kappa shape index (κ2) is 19.2. The van der Waals surface area contributed by atoms with E-state index in [1.54, 1.807) is 24.3 Å². The minimum Gasteiger partial charge on any atom is -0.507 e. The first-order valence-corrected chi connectivity index (χ1v) is 16.0. The van der Waals surface area contributed by atoms with Crippen LogP contribution in [0.5, 0.6) is 11.5 Å². The van der Waals surface area contributed by atoms with Gasteiger partial charge in [0, 0.05) is 0 Å². The molecule has 44 heavy (non-hydrogen) atoms. The van der Waals surface area contributed by atoms with Crippen molar-refractivity contribution in [2.45, 2.75) is 105 Å². The summed E-state index contributed by atoms with van der Waals surface area (Å²) < 4.78 is 0. The number of hydrogen-bond donors (Lipinski definition) is 6. The Balaban J connectivity index is 2.15. The number of phenolic OH excluding ortho intramolecular Hbond substituents is 2. The van der Waals surface area contributed by atoms with E-state index in [1.807, 2.05) is 27.7 Å². The maximum Gasteiger partial charge on any atom is 0.273 e. The molecule has 2 rings (SSSR count). The monoisotopic (exact) mass is 610 g/mol. The van der Waals surface area contributed by atoms with E-state index < -0.39 is 35.5 Å². The average molecular weight is 611 g/mol. The van der Waals surface area contributed by atoms with Gasteiger partial charge in [-0.25, -0.2) is 0 Å². The van der Waals surface area contributed by atoms with Gasteiger partial charge < -0.3 is 10.2 Å². The van der Waals surface area contributed by atoms with Crippen molar-refractivity contribution in [2.75, 3.05) is 0 Å². The summed E-state index contributed by atoms with van der Waals surface area (Å²) in [6, 6.07) is 9.87. The largest absolute Gasteiger partial charge is 0.507 e. The first-order valence-electron chi connectivity index (χ1n) is 16.0. The molecule has 0 radical (unpaired) electrons. The fourth-order valence-corrected chi connectivity index (χ4v) is 5.20. The fourth-order valence-electron chi connectivity index (χ4n) is 5.20. The summed E-state index contributed by atoms with van der Waals surface area (Å²) in [6.45, 7) is 8.01. The zero-order valence-electron chi connectivity index (χ0n) is 26.6. The van der Waals surface area contributed by atoms with Crippen LogP contribution in [0.1, 0.15) is 124 Å². The normalized spacial score (nSPS) is 12.2. The second-order valence-corrected chi connectivity index (χ2v) is 11.2. The number of hydrogen-bond acceptors (Lipinski definition) is 6. The van der Waals surface area contributed by atoms with Crippen molar-refractivity contribution in [3.63, 3.8) is 0 Å². The van der Waals surface area contributed by atoms with Gasteiger partial charge in [0.25, 0.3) is 11.8 Å². The molecule has 0 bridgehead atoms. The summed E-state index contributed by atoms with van der Waals surface area (Å²) >= 11 is 0. The highest BCUT2D eigenvalue weighted by Gasteiger charge is 2.33. The lowest BCUT2D eigenvalue weighted by Gasteiger charge is -2.26. The predicted molar refractivity (Wildman–Crippen MR) is 171 cm³/mol. The van der Waals surface area contributed by atoms with Crippen LogP contribution in [0.2, 0.25) is 0 Å². The summed E-state index contributed by atoms with van der Waals surface area (Å²) in [4.78, 5) is 52.6. The Labute approximate surface area is 261 Å². The maximum atomic E-state index is 13.4. The Morgan fingerprint density at radius 1 is 0.568 bits per heavy atom. The van der Waals surface area contributed by atoms with Crippen LogP contribution >= 0.6 is 0 Å². The molecule has 0 aromatic heterocycles. The maximum absolute atomic E-state index is 13.4. The molecule has 2 atom stereocenters. The van der Waals surface area contributed by atoms with Crippen LogP contribution in [0, 0.1) is 11.8 Å². The lowest BCUT2D eigenvalue weighted by Crippen LogP contribution is -2.51. The molecule has 2 unspecified atom stereocenters. The molecule has 10 heteroatoms. The molecule has 242 valence electrons. The lowest BCUT2D eigenvalue weighted by molar-refractivity contribution is -0.136. The van der Waals surface area contributed by atoms with Gasteiger partial charge in [-0.3, -0.25) is 40.9 Å². The topological polar surface area (TPSA) is 157 Å². The third kappa shape index (κ3) is 10.6. The number of aromatic hydroxyl groups is 2. The van der Waals surface area contributed by atoms with Gasteiger partial charge in [-0.2, -0.15) is 0 Å². The smallest absolute Gasteiger partial charge is 0.273 e. The number of aryl methyl sites for hydroxylation is 2. The van der Waals surface area contributed by atoms with Gasteiger partial charge in [0.15, 0.2) is 0 Å². The van der Waals surface area contributed by atoms with E-state index in [0.29, 0.717) is 49.7 Å². The van der Waals surface area contributed by atoms with Gasteiger partial charge >= 0.3 is 0 Å².